The van der Waals surface area contributed by atoms with Crippen molar-refractivity contribution in [1.29, 1.82) is 0 Å². The zero-order valence-electron chi connectivity index (χ0n) is 13.5. The van der Waals surface area contributed by atoms with E-state index in [1.54, 1.807) is 18.7 Å². The Labute approximate surface area is 132 Å². The standard InChI is InChI=1S/C15H29NO4S/c1-4-6-7-8-9-11-20-14(17)13(10-12-21-3)16-15(18)19-5-2/h13H,4-12H2,1-3H3,(H,16,18)/t13-/m0/s1. The minimum absolute atomic E-state index is 0.285. The first kappa shape index (κ1) is 20.1. The number of rotatable bonds is 12. The molecule has 1 atom stereocenters. The first-order chi connectivity index (χ1) is 10.2. The lowest BCUT2D eigenvalue weighted by Crippen LogP contribution is -2.42. The SMILES string of the molecule is CCCCCCCOC(=O)[C@H](CCSC)NC(=O)OCC. The molecule has 0 saturated carbocycles. The Morgan fingerprint density at radius 1 is 1.10 bits per heavy atom. The highest BCUT2D eigenvalue weighted by Gasteiger charge is 2.22. The second-order valence-corrected chi connectivity index (χ2v) is 5.77. The molecule has 0 aliphatic rings. The van der Waals surface area contributed by atoms with Gasteiger partial charge in [-0.3, -0.25) is 0 Å². The second kappa shape index (κ2) is 14.0. The Morgan fingerprint density at radius 3 is 2.43 bits per heavy atom. The summed E-state index contributed by atoms with van der Waals surface area (Å²) in [6, 6.07) is -0.618. The van der Waals surface area contributed by atoms with Gasteiger partial charge in [0.15, 0.2) is 0 Å². The van der Waals surface area contributed by atoms with Gasteiger partial charge in [0.05, 0.1) is 13.2 Å². The van der Waals surface area contributed by atoms with Crippen molar-refractivity contribution in [3.8, 4) is 0 Å². The fourth-order valence-electron chi connectivity index (χ4n) is 1.78. The van der Waals surface area contributed by atoms with Crippen LogP contribution in [0.1, 0.15) is 52.4 Å². The minimum Gasteiger partial charge on any atom is -0.464 e. The average molecular weight is 319 g/mol. The van der Waals surface area contributed by atoms with Gasteiger partial charge in [0.25, 0.3) is 0 Å². The Bertz CT molecular complexity index is 287. The summed E-state index contributed by atoms with van der Waals surface area (Å²) < 4.78 is 10.0. The van der Waals surface area contributed by atoms with Crippen LogP contribution >= 0.6 is 11.8 Å². The van der Waals surface area contributed by atoms with E-state index >= 15 is 0 Å². The molecule has 0 spiro atoms. The Hall–Kier alpha value is -0.910. The van der Waals surface area contributed by atoms with Gasteiger partial charge < -0.3 is 14.8 Å². The maximum atomic E-state index is 12.0. The van der Waals surface area contributed by atoms with Crippen LogP contribution in [-0.4, -0.2) is 43.3 Å². The van der Waals surface area contributed by atoms with E-state index in [0.717, 1.165) is 18.6 Å². The number of esters is 1. The Morgan fingerprint density at radius 2 is 1.81 bits per heavy atom. The maximum absolute atomic E-state index is 12.0. The van der Waals surface area contributed by atoms with Crippen LogP contribution in [0, 0.1) is 0 Å². The quantitative estimate of drug-likeness (QED) is 0.441. The van der Waals surface area contributed by atoms with E-state index in [9.17, 15) is 9.59 Å². The smallest absolute Gasteiger partial charge is 0.407 e. The molecule has 0 aromatic heterocycles. The van der Waals surface area contributed by atoms with Crippen molar-refractivity contribution in [3.63, 3.8) is 0 Å². The summed E-state index contributed by atoms with van der Waals surface area (Å²) in [7, 11) is 0. The number of carbonyl (C=O) groups excluding carboxylic acids is 2. The van der Waals surface area contributed by atoms with Crippen molar-refractivity contribution >= 4 is 23.8 Å². The van der Waals surface area contributed by atoms with Crippen molar-refractivity contribution in [2.45, 2.75) is 58.4 Å². The van der Waals surface area contributed by atoms with Crippen LogP contribution in [0.2, 0.25) is 0 Å². The van der Waals surface area contributed by atoms with Crippen LogP contribution in [0.5, 0.6) is 0 Å². The number of unbranched alkanes of at least 4 members (excludes halogenated alkanes) is 4. The topological polar surface area (TPSA) is 64.6 Å². The van der Waals surface area contributed by atoms with Gasteiger partial charge in [0.2, 0.25) is 0 Å². The number of alkyl carbamates (subject to hydrolysis) is 1. The molecular weight excluding hydrogens is 290 g/mol. The zero-order chi connectivity index (χ0) is 15.9. The Balaban J connectivity index is 4.03. The summed E-state index contributed by atoms with van der Waals surface area (Å²) in [4.78, 5) is 23.4. The van der Waals surface area contributed by atoms with Crippen LogP contribution < -0.4 is 5.32 Å². The molecule has 0 fully saturated rings. The van der Waals surface area contributed by atoms with E-state index < -0.39 is 12.1 Å². The number of ether oxygens (including phenoxy) is 2. The van der Waals surface area contributed by atoms with Gasteiger partial charge in [-0.2, -0.15) is 11.8 Å². The van der Waals surface area contributed by atoms with E-state index in [0.29, 0.717) is 13.0 Å². The number of nitrogens with one attached hydrogen (secondary N) is 1. The third-order valence-corrected chi connectivity index (χ3v) is 3.60. The van der Waals surface area contributed by atoms with E-state index in [1.807, 2.05) is 6.26 Å². The number of amides is 1. The molecule has 0 aliphatic carbocycles. The van der Waals surface area contributed by atoms with Crippen LogP contribution in [0.4, 0.5) is 4.79 Å². The molecule has 0 rings (SSSR count). The molecule has 0 aromatic rings. The lowest BCUT2D eigenvalue weighted by Gasteiger charge is -2.17. The molecule has 0 aliphatic heterocycles. The van der Waals surface area contributed by atoms with E-state index in [4.69, 9.17) is 9.47 Å². The zero-order valence-corrected chi connectivity index (χ0v) is 14.3. The fraction of sp³-hybridized carbons (Fsp3) is 0.867. The van der Waals surface area contributed by atoms with Crippen LogP contribution in [0.15, 0.2) is 0 Å². The van der Waals surface area contributed by atoms with E-state index in [1.165, 1.54) is 19.3 Å². The van der Waals surface area contributed by atoms with Gasteiger partial charge in [-0.25, -0.2) is 9.59 Å². The molecule has 1 N–H and O–H groups in total. The summed E-state index contributed by atoms with van der Waals surface area (Å²) in [6.07, 6.45) is 7.47. The highest BCUT2D eigenvalue weighted by molar-refractivity contribution is 7.98. The summed E-state index contributed by atoms with van der Waals surface area (Å²) in [6.45, 7) is 4.60. The van der Waals surface area contributed by atoms with Gasteiger partial charge in [0, 0.05) is 0 Å². The van der Waals surface area contributed by atoms with E-state index in [-0.39, 0.29) is 12.6 Å². The molecule has 0 unspecified atom stereocenters. The predicted molar refractivity (Wildman–Crippen MR) is 86.7 cm³/mol. The van der Waals surface area contributed by atoms with Gasteiger partial charge in [-0.05, 0) is 31.8 Å². The lowest BCUT2D eigenvalue weighted by molar-refractivity contribution is -0.146. The molecule has 21 heavy (non-hydrogen) atoms. The molecule has 124 valence electrons. The van der Waals surface area contributed by atoms with Gasteiger partial charge >= 0.3 is 12.1 Å². The summed E-state index contributed by atoms with van der Waals surface area (Å²) in [5, 5.41) is 2.56. The normalized spacial score (nSPS) is 11.8. The number of thioether (sulfide) groups is 1. The van der Waals surface area contributed by atoms with Crippen molar-refractivity contribution in [2.75, 3.05) is 25.2 Å². The van der Waals surface area contributed by atoms with Crippen LogP contribution in [0.25, 0.3) is 0 Å². The van der Waals surface area contributed by atoms with Crippen molar-refractivity contribution in [3.05, 3.63) is 0 Å². The molecule has 0 heterocycles. The Kier molecular flexibility index (Phi) is 13.4. The summed E-state index contributed by atoms with van der Waals surface area (Å²) in [5.74, 6) is 0.412. The monoisotopic (exact) mass is 319 g/mol. The highest BCUT2D eigenvalue weighted by atomic mass is 32.2. The number of hydrogen-bond acceptors (Lipinski definition) is 5. The number of hydrogen-bond donors (Lipinski definition) is 1. The van der Waals surface area contributed by atoms with E-state index in [2.05, 4.69) is 12.2 Å². The van der Waals surface area contributed by atoms with Crippen molar-refractivity contribution in [2.24, 2.45) is 0 Å². The van der Waals surface area contributed by atoms with Crippen molar-refractivity contribution < 1.29 is 19.1 Å². The molecule has 0 radical (unpaired) electrons. The first-order valence-corrected chi connectivity index (χ1v) is 9.13. The van der Waals surface area contributed by atoms with Gasteiger partial charge in [0.1, 0.15) is 6.04 Å². The molecule has 5 nitrogen and oxygen atoms in total. The molecule has 0 bridgehead atoms. The van der Waals surface area contributed by atoms with Gasteiger partial charge in [-0.1, -0.05) is 32.6 Å². The molecular formula is C15H29NO4S. The third kappa shape index (κ3) is 11.4. The predicted octanol–water partition coefficient (Wildman–Crippen LogP) is 3.37. The molecule has 1 amide bonds. The van der Waals surface area contributed by atoms with Crippen LogP contribution in [0.3, 0.4) is 0 Å². The summed E-state index contributed by atoms with van der Waals surface area (Å²) >= 11 is 1.63. The second-order valence-electron chi connectivity index (χ2n) is 4.78. The molecule has 0 aromatic carbocycles. The van der Waals surface area contributed by atoms with Crippen LogP contribution in [-0.2, 0) is 14.3 Å². The fourth-order valence-corrected chi connectivity index (χ4v) is 2.25. The largest absolute Gasteiger partial charge is 0.464 e. The molecule has 6 heteroatoms. The highest BCUT2D eigenvalue weighted by Crippen LogP contribution is 2.06. The van der Waals surface area contributed by atoms with Crippen molar-refractivity contribution in [1.82, 2.24) is 5.32 Å². The number of carbonyl (C=O) groups is 2. The van der Waals surface area contributed by atoms with Gasteiger partial charge in [-0.15, -0.1) is 0 Å². The lowest BCUT2D eigenvalue weighted by atomic mass is 10.2. The maximum Gasteiger partial charge on any atom is 0.407 e. The average Bonchev–Trinajstić information content (AvgIpc) is 2.47. The third-order valence-electron chi connectivity index (χ3n) is 2.95. The molecule has 0 saturated heterocycles. The summed E-state index contributed by atoms with van der Waals surface area (Å²) in [5.41, 5.74) is 0. The minimum atomic E-state index is -0.618. The first-order valence-electron chi connectivity index (χ1n) is 7.74.